The molecule has 1 aliphatic rings. The number of fused-ring (bicyclic) bond motifs is 1. The summed E-state index contributed by atoms with van der Waals surface area (Å²) in [4.78, 5) is 14.8. The Hall–Kier alpha value is -1.85. The lowest BCUT2D eigenvalue weighted by Crippen LogP contribution is -2.41. The summed E-state index contributed by atoms with van der Waals surface area (Å²) in [6, 6.07) is 7.90. The number of hydrogen-bond acceptors (Lipinski definition) is 3. The van der Waals surface area contributed by atoms with Gasteiger partial charge in [0.1, 0.15) is 0 Å². The van der Waals surface area contributed by atoms with E-state index in [1.807, 2.05) is 47.0 Å². The van der Waals surface area contributed by atoms with Gasteiger partial charge >= 0.3 is 0 Å². The molecule has 0 saturated carbocycles. The van der Waals surface area contributed by atoms with Gasteiger partial charge in [-0.05, 0) is 37.5 Å². The Morgan fingerprint density at radius 1 is 1.30 bits per heavy atom. The minimum absolute atomic E-state index is 0.107. The van der Waals surface area contributed by atoms with Crippen LogP contribution in [0.25, 0.3) is 10.9 Å². The molecule has 5 nitrogen and oxygen atoms in total. The summed E-state index contributed by atoms with van der Waals surface area (Å²) < 4.78 is 7.76. The lowest BCUT2D eigenvalue weighted by atomic mass is 10.0. The van der Waals surface area contributed by atoms with Crippen LogP contribution >= 0.6 is 0 Å². The number of piperidine rings is 1. The standard InChI is InChI=1S/C18H24N2O3/c1-19-9-8-15-16(4-2-5-17(15)19)18(22)20-10-6-14(7-11-20)23-13-3-12-21/h2,4-5,8-9,14,21H,3,6-7,10-13H2,1H3. The molecule has 0 atom stereocenters. The van der Waals surface area contributed by atoms with Crippen molar-refractivity contribution in [2.45, 2.75) is 25.4 Å². The largest absolute Gasteiger partial charge is 0.396 e. The third kappa shape index (κ3) is 3.41. The zero-order valence-corrected chi connectivity index (χ0v) is 13.6. The number of aromatic nitrogens is 1. The van der Waals surface area contributed by atoms with Crippen molar-refractivity contribution in [2.75, 3.05) is 26.3 Å². The average Bonchev–Trinajstić information content (AvgIpc) is 2.97. The molecule has 0 bridgehead atoms. The number of nitrogens with zero attached hydrogens (tertiary/aromatic N) is 2. The molecule has 1 aromatic carbocycles. The molecule has 5 heteroatoms. The Morgan fingerprint density at radius 3 is 2.83 bits per heavy atom. The second-order valence-corrected chi connectivity index (χ2v) is 6.10. The lowest BCUT2D eigenvalue weighted by Gasteiger charge is -2.32. The molecule has 1 fully saturated rings. The van der Waals surface area contributed by atoms with Crippen LogP contribution in [-0.2, 0) is 11.8 Å². The smallest absolute Gasteiger partial charge is 0.254 e. The summed E-state index contributed by atoms with van der Waals surface area (Å²) in [5, 5.41) is 9.81. The second kappa shape index (κ2) is 7.15. The Morgan fingerprint density at radius 2 is 2.09 bits per heavy atom. The number of aliphatic hydroxyl groups is 1. The molecule has 1 N–H and O–H groups in total. The number of ether oxygens (including phenoxy) is 1. The number of hydrogen-bond donors (Lipinski definition) is 1. The Labute approximate surface area is 136 Å². The molecular formula is C18H24N2O3. The molecule has 3 rings (SSSR count). The van der Waals surface area contributed by atoms with Crippen LogP contribution < -0.4 is 0 Å². The van der Waals surface area contributed by atoms with Crippen LogP contribution in [-0.4, -0.2) is 52.9 Å². The molecule has 0 aliphatic carbocycles. The summed E-state index contributed by atoms with van der Waals surface area (Å²) in [6.45, 7) is 2.22. The molecule has 23 heavy (non-hydrogen) atoms. The molecule has 2 heterocycles. The molecule has 2 aromatic rings. The summed E-state index contributed by atoms with van der Waals surface area (Å²) in [5.74, 6) is 0.107. The van der Waals surface area contributed by atoms with Gasteiger partial charge in [0.25, 0.3) is 5.91 Å². The van der Waals surface area contributed by atoms with Crippen molar-refractivity contribution < 1.29 is 14.6 Å². The number of amides is 1. The molecule has 1 aliphatic heterocycles. The van der Waals surface area contributed by atoms with Crippen LogP contribution in [0.2, 0.25) is 0 Å². The highest BCUT2D eigenvalue weighted by molar-refractivity contribution is 6.06. The van der Waals surface area contributed by atoms with Gasteiger partial charge in [0, 0.05) is 56.0 Å². The first-order chi connectivity index (χ1) is 11.2. The summed E-state index contributed by atoms with van der Waals surface area (Å²) >= 11 is 0. The number of aryl methyl sites for hydroxylation is 1. The van der Waals surface area contributed by atoms with Crippen LogP contribution in [0.3, 0.4) is 0 Å². The van der Waals surface area contributed by atoms with Gasteiger partial charge in [-0.3, -0.25) is 4.79 Å². The maximum absolute atomic E-state index is 12.8. The second-order valence-electron chi connectivity index (χ2n) is 6.10. The maximum atomic E-state index is 12.8. The van der Waals surface area contributed by atoms with E-state index in [2.05, 4.69) is 0 Å². The van der Waals surface area contributed by atoms with Crippen LogP contribution in [0.5, 0.6) is 0 Å². The van der Waals surface area contributed by atoms with Crippen LogP contribution in [0.4, 0.5) is 0 Å². The van der Waals surface area contributed by atoms with E-state index in [-0.39, 0.29) is 18.6 Å². The highest BCUT2D eigenvalue weighted by Crippen LogP contribution is 2.23. The summed E-state index contributed by atoms with van der Waals surface area (Å²) in [5.41, 5.74) is 1.86. The predicted octanol–water partition coefficient (Wildman–Crippen LogP) is 2.18. The van der Waals surface area contributed by atoms with Gasteiger partial charge in [0.2, 0.25) is 0 Å². The molecule has 0 spiro atoms. The quantitative estimate of drug-likeness (QED) is 0.860. The van der Waals surface area contributed by atoms with E-state index in [4.69, 9.17) is 9.84 Å². The number of rotatable bonds is 5. The molecule has 1 amide bonds. The van der Waals surface area contributed by atoms with Crippen molar-refractivity contribution in [3.05, 3.63) is 36.0 Å². The molecule has 124 valence electrons. The third-order valence-corrected chi connectivity index (χ3v) is 4.54. The van der Waals surface area contributed by atoms with Gasteiger partial charge in [-0.15, -0.1) is 0 Å². The van der Waals surface area contributed by atoms with E-state index in [1.165, 1.54) is 0 Å². The van der Waals surface area contributed by atoms with Crippen molar-refractivity contribution in [1.29, 1.82) is 0 Å². The van der Waals surface area contributed by atoms with Crippen molar-refractivity contribution in [2.24, 2.45) is 7.05 Å². The number of aliphatic hydroxyl groups excluding tert-OH is 1. The Bertz CT molecular complexity index is 672. The van der Waals surface area contributed by atoms with Crippen molar-refractivity contribution in [1.82, 2.24) is 9.47 Å². The third-order valence-electron chi connectivity index (χ3n) is 4.54. The van der Waals surface area contributed by atoms with Gasteiger partial charge in [-0.1, -0.05) is 6.07 Å². The van der Waals surface area contributed by atoms with E-state index >= 15 is 0 Å². The van der Waals surface area contributed by atoms with E-state index in [9.17, 15) is 4.79 Å². The minimum atomic E-state index is 0.107. The summed E-state index contributed by atoms with van der Waals surface area (Å²) in [6.07, 6.45) is 4.60. The number of carbonyl (C=O) groups is 1. The van der Waals surface area contributed by atoms with Gasteiger partial charge in [0.05, 0.1) is 6.10 Å². The van der Waals surface area contributed by atoms with Gasteiger partial charge in [-0.25, -0.2) is 0 Å². The maximum Gasteiger partial charge on any atom is 0.254 e. The predicted molar refractivity (Wildman–Crippen MR) is 89.5 cm³/mol. The van der Waals surface area contributed by atoms with Crippen molar-refractivity contribution in [3.8, 4) is 0 Å². The number of likely N-dealkylation sites (tertiary alicyclic amines) is 1. The number of benzene rings is 1. The minimum Gasteiger partial charge on any atom is -0.396 e. The monoisotopic (exact) mass is 316 g/mol. The lowest BCUT2D eigenvalue weighted by molar-refractivity contribution is 0.00402. The van der Waals surface area contributed by atoms with Crippen molar-refractivity contribution in [3.63, 3.8) is 0 Å². The Kier molecular flexibility index (Phi) is 4.98. The van der Waals surface area contributed by atoms with Crippen molar-refractivity contribution >= 4 is 16.8 Å². The van der Waals surface area contributed by atoms with Gasteiger partial charge in [0.15, 0.2) is 0 Å². The van der Waals surface area contributed by atoms with Crippen LogP contribution in [0.15, 0.2) is 30.5 Å². The van der Waals surface area contributed by atoms with Gasteiger partial charge < -0.3 is 19.3 Å². The highest BCUT2D eigenvalue weighted by Gasteiger charge is 2.25. The zero-order chi connectivity index (χ0) is 16.2. The first kappa shape index (κ1) is 16.0. The van der Waals surface area contributed by atoms with Crippen LogP contribution in [0, 0.1) is 0 Å². The molecule has 1 aromatic heterocycles. The first-order valence-corrected chi connectivity index (χ1v) is 8.26. The normalized spacial score (nSPS) is 16.2. The van der Waals surface area contributed by atoms with E-state index in [0.717, 1.165) is 42.4 Å². The summed E-state index contributed by atoms with van der Waals surface area (Å²) in [7, 11) is 1.99. The fourth-order valence-electron chi connectivity index (χ4n) is 3.20. The average molecular weight is 316 g/mol. The fraction of sp³-hybridized carbons (Fsp3) is 0.500. The molecule has 0 unspecified atom stereocenters. The topological polar surface area (TPSA) is 54.7 Å². The molecular weight excluding hydrogens is 292 g/mol. The fourth-order valence-corrected chi connectivity index (χ4v) is 3.20. The van der Waals surface area contributed by atoms with E-state index in [0.29, 0.717) is 13.0 Å². The van der Waals surface area contributed by atoms with Gasteiger partial charge in [-0.2, -0.15) is 0 Å². The Balaban J connectivity index is 1.65. The SMILES string of the molecule is Cn1ccc2c(C(=O)N3CCC(OCCCO)CC3)cccc21. The first-order valence-electron chi connectivity index (χ1n) is 8.26. The van der Waals surface area contributed by atoms with E-state index < -0.39 is 0 Å². The molecule has 1 saturated heterocycles. The highest BCUT2D eigenvalue weighted by atomic mass is 16.5. The zero-order valence-electron chi connectivity index (χ0n) is 13.6. The molecule has 0 radical (unpaired) electrons. The van der Waals surface area contributed by atoms with E-state index in [1.54, 1.807) is 0 Å². The number of carbonyl (C=O) groups excluding carboxylic acids is 1. The van der Waals surface area contributed by atoms with Crippen LogP contribution in [0.1, 0.15) is 29.6 Å².